The number of amides is 1. The highest BCUT2D eigenvalue weighted by molar-refractivity contribution is 6.29. The van der Waals surface area contributed by atoms with Crippen LogP contribution in [0.4, 0.5) is 0 Å². The molecule has 98 valence electrons. The number of ether oxygens (including phenoxy) is 1. The number of aliphatic hydroxyl groups excluding tert-OH is 1. The Labute approximate surface area is 110 Å². The van der Waals surface area contributed by atoms with Crippen molar-refractivity contribution in [2.24, 2.45) is 0 Å². The van der Waals surface area contributed by atoms with Gasteiger partial charge in [0.05, 0.1) is 12.1 Å². The van der Waals surface area contributed by atoms with Crippen LogP contribution in [0.3, 0.4) is 0 Å². The predicted octanol–water partition coefficient (Wildman–Crippen LogP) is 1.01. The van der Waals surface area contributed by atoms with Gasteiger partial charge in [-0.3, -0.25) is 4.79 Å². The second-order valence-corrected chi connectivity index (χ2v) is 4.74. The van der Waals surface area contributed by atoms with E-state index >= 15 is 0 Å². The second-order valence-electron chi connectivity index (χ2n) is 4.35. The molecule has 0 radical (unpaired) electrons. The van der Waals surface area contributed by atoms with E-state index in [-0.39, 0.29) is 23.4 Å². The fourth-order valence-electron chi connectivity index (χ4n) is 1.92. The van der Waals surface area contributed by atoms with E-state index in [0.29, 0.717) is 26.1 Å². The summed E-state index contributed by atoms with van der Waals surface area (Å²) in [5.41, 5.74) is -0.360. The number of carbonyl (C=O) groups is 1. The summed E-state index contributed by atoms with van der Waals surface area (Å²) >= 11 is 5.74. The standard InChI is InChI=1S/C12H15ClN2O3/c13-10-3-1-2-9(14-10)11(17)15-12(8-16)4-6-18-7-5-12/h1-3,16H,4-8H2,(H,15,17). The Morgan fingerprint density at radius 3 is 2.83 bits per heavy atom. The minimum atomic E-state index is -0.612. The number of pyridine rings is 1. The molecule has 2 rings (SSSR count). The van der Waals surface area contributed by atoms with Crippen LogP contribution in [0.1, 0.15) is 23.3 Å². The summed E-state index contributed by atoms with van der Waals surface area (Å²) in [5.74, 6) is -0.326. The van der Waals surface area contributed by atoms with E-state index in [0.717, 1.165) is 0 Å². The van der Waals surface area contributed by atoms with Crippen molar-refractivity contribution in [1.29, 1.82) is 0 Å². The van der Waals surface area contributed by atoms with Crippen molar-refractivity contribution >= 4 is 17.5 Å². The van der Waals surface area contributed by atoms with Crippen LogP contribution in [0.15, 0.2) is 18.2 Å². The van der Waals surface area contributed by atoms with E-state index in [1.807, 2.05) is 0 Å². The average molecular weight is 271 g/mol. The fraction of sp³-hybridized carbons (Fsp3) is 0.500. The van der Waals surface area contributed by atoms with Crippen LogP contribution in [0.25, 0.3) is 0 Å². The van der Waals surface area contributed by atoms with Crippen LogP contribution in [0, 0.1) is 0 Å². The number of aromatic nitrogens is 1. The smallest absolute Gasteiger partial charge is 0.270 e. The molecule has 0 bridgehead atoms. The number of aliphatic hydroxyl groups is 1. The maximum absolute atomic E-state index is 12.0. The Kier molecular flexibility index (Phi) is 4.16. The third kappa shape index (κ3) is 2.98. The first kappa shape index (κ1) is 13.3. The summed E-state index contributed by atoms with van der Waals surface area (Å²) in [6.07, 6.45) is 1.19. The Balaban J connectivity index is 2.10. The summed E-state index contributed by atoms with van der Waals surface area (Å²) in [7, 11) is 0. The molecular formula is C12H15ClN2O3. The van der Waals surface area contributed by atoms with Crippen molar-refractivity contribution in [3.8, 4) is 0 Å². The van der Waals surface area contributed by atoms with Gasteiger partial charge >= 0.3 is 0 Å². The lowest BCUT2D eigenvalue weighted by atomic mass is 9.91. The van der Waals surface area contributed by atoms with Crippen molar-refractivity contribution < 1.29 is 14.6 Å². The van der Waals surface area contributed by atoms with E-state index in [4.69, 9.17) is 16.3 Å². The summed E-state index contributed by atoms with van der Waals surface area (Å²) < 4.78 is 5.23. The van der Waals surface area contributed by atoms with Gasteiger partial charge in [0.25, 0.3) is 5.91 Å². The maximum Gasteiger partial charge on any atom is 0.270 e. The van der Waals surface area contributed by atoms with E-state index in [9.17, 15) is 9.90 Å². The number of rotatable bonds is 3. The summed E-state index contributed by atoms with van der Waals surface area (Å²) in [6.45, 7) is 0.955. The number of nitrogens with zero attached hydrogens (tertiary/aromatic N) is 1. The molecule has 2 N–H and O–H groups in total. The van der Waals surface area contributed by atoms with Gasteiger partial charge in [-0.25, -0.2) is 4.98 Å². The van der Waals surface area contributed by atoms with Crippen LogP contribution in [-0.2, 0) is 4.74 Å². The molecule has 5 nitrogen and oxygen atoms in total. The van der Waals surface area contributed by atoms with Crippen LogP contribution in [-0.4, -0.2) is 41.4 Å². The summed E-state index contributed by atoms with van der Waals surface area (Å²) in [4.78, 5) is 16.0. The Bertz CT molecular complexity index is 433. The molecule has 2 heterocycles. The molecule has 0 unspecified atom stereocenters. The van der Waals surface area contributed by atoms with Gasteiger partial charge in [0, 0.05) is 13.2 Å². The zero-order valence-electron chi connectivity index (χ0n) is 9.86. The lowest BCUT2D eigenvalue weighted by molar-refractivity contribution is 0.0124. The molecule has 1 aromatic rings. The Morgan fingerprint density at radius 1 is 1.50 bits per heavy atom. The van der Waals surface area contributed by atoms with Gasteiger partial charge in [0.1, 0.15) is 10.8 Å². The third-order valence-corrected chi connectivity index (χ3v) is 3.29. The molecule has 1 saturated heterocycles. The zero-order chi connectivity index (χ0) is 13.0. The van der Waals surface area contributed by atoms with Gasteiger partial charge in [-0.1, -0.05) is 17.7 Å². The van der Waals surface area contributed by atoms with Gasteiger partial charge in [-0.05, 0) is 25.0 Å². The zero-order valence-corrected chi connectivity index (χ0v) is 10.6. The number of hydrogen-bond donors (Lipinski definition) is 2. The summed E-state index contributed by atoms with van der Waals surface area (Å²) in [6, 6.07) is 4.86. The SMILES string of the molecule is O=C(NC1(CO)CCOCC1)c1cccc(Cl)n1. The first-order valence-electron chi connectivity index (χ1n) is 5.79. The lowest BCUT2D eigenvalue weighted by Gasteiger charge is -2.36. The molecule has 0 atom stereocenters. The molecule has 6 heteroatoms. The number of nitrogens with one attached hydrogen (secondary N) is 1. The van der Waals surface area contributed by atoms with E-state index in [1.165, 1.54) is 0 Å². The topological polar surface area (TPSA) is 71.5 Å². The molecule has 0 spiro atoms. The first-order valence-corrected chi connectivity index (χ1v) is 6.17. The molecule has 0 aromatic carbocycles. The monoisotopic (exact) mass is 270 g/mol. The predicted molar refractivity (Wildman–Crippen MR) is 66.6 cm³/mol. The molecule has 18 heavy (non-hydrogen) atoms. The number of carbonyl (C=O) groups excluding carboxylic acids is 1. The van der Waals surface area contributed by atoms with Crippen molar-refractivity contribution in [3.05, 3.63) is 29.0 Å². The molecule has 1 fully saturated rings. The van der Waals surface area contributed by atoms with Crippen LogP contribution in [0.5, 0.6) is 0 Å². The molecule has 1 aliphatic rings. The van der Waals surface area contributed by atoms with Crippen LogP contribution < -0.4 is 5.32 Å². The highest BCUT2D eigenvalue weighted by Gasteiger charge is 2.34. The third-order valence-electron chi connectivity index (χ3n) is 3.08. The molecule has 1 aliphatic heterocycles. The van der Waals surface area contributed by atoms with Crippen LogP contribution in [0.2, 0.25) is 5.15 Å². The van der Waals surface area contributed by atoms with Crippen molar-refractivity contribution in [2.45, 2.75) is 18.4 Å². The fourth-order valence-corrected chi connectivity index (χ4v) is 2.09. The van der Waals surface area contributed by atoms with Gasteiger partial charge in [-0.2, -0.15) is 0 Å². The van der Waals surface area contributed by atoms with E-state index in [1.54, 1.807) is 18.2 Å². The van der Waals surface area contributed by atoms with Gasteiger partial charge in [0.2, 0.25) is 0 Å². The highest BCUT2D eigenvalue weighted by atomic mass is 35.5. The van der Waals surface area contributed by atoms with E-state index < -0.39 is 5.54 Å². The molecule has 1 aromatic heterocycles. The van der Waals surface area contributed by atoms with Crippen molar-refractivity contribution in [2.75, 3.05) is 19.8 Å². The Hall–Kier alpha value is -1.17. The van der Waals surface area contributed by atoms with Gasteiger partial charge in [-0.15, -0.1) is 0 Å². The largest absolute Gasteiger partial charge is 0.394 e. The minimum absolute atomic E-state index is 0.108. The number of halogens is 1. The summed E-state index contributed by atoms with van der Waals surface area (Å²) in [5, 5.41) is 12.6. The van der Waals surface area contributed by atoms with Gasteiger partial charge < -0.3 is 15.2 Å². The molecular weight excluding hydrogens is 256 g/mol. The van der Waals surface area contributed by atoms with Crippen LogP contribution >= 0.6 is 11.6 Å². The van der Waals surface area contributed by atoms with Crippen molar-refractivity contribution in [3.63, 3.8) is 0 Å². The average Bonchev–Trinajstić information content (AvgIpc) is 2.40. The molecule has 0 saturated carbocycles. The number of hydrogen-bond acceptors (Lipinski definition) is 4. The molecule has 1 amide bonds. The molecule has 0 aliphatic carbocycles. The van der Waals surface area contributed by atoms with Gasteiger partial charge in [0.15, 0.2) is 0 Å². The second kappa shape index (κ2) is 5.65. The van der Waals surface area contributed by atoms with Crippen molar-refractivity contribution in [1.82, 2.24) is 10.3 Å². The Morgan fingerprint density at radius 2 is 2.22 bits per heavy atom. The highest BCUT2D eigenvalue weighted by Crippen LogP contribution is 2.20. The maximum atomic E-state index is 12.0. The first-order chi connectivity index (χ1) is 8.65. The minimum Gasteiger partial charge on any atom is -0.394 e. The van der Waals surface area contributed by atoms with E-state index in [2.05, 4.69) is 10.3 Å². The normalized spacial score (nSPS) is 18.3. The quantitative estimate of drug-likeness (QED) is 0.804. The lowest BCUT2D eigenvalue weighted by Crippen LogP contribution is -2.54.